The number of carbonyl (C=O) groups is 4. The first-order chi connectivity index (χ1) is 17.0. The number of aromatic amines is 1. The molecule has 8 heteroatoms. The Labute approximate surface area is 204 Å². The van der Waals surface area contributed by atoms with E-state index in [1.165, 1.54) is 0 Å². The summed E-state index contributed by atoms with van der Waals surface area (Å²) in [6, 6.07) is 6.04. The topological polar surface area (TPSA) is 109 Å². The van der Waals surface area contributed by atoms with Crippen LogP contribution in [0.15, 0.2) is 24.3 Å². The van der Waals surface area contributed by atoms with Crippen LogP contribution < -0.4 is 10.1 Å². The largest absolute Gasteiger partial charge is 0.496 e. The Morgan fingerprint density at radius 2 is 2.09 bits per heavy atom. The highest BCUT2D eigenvalue weighted by molar-refractivity contribution is 6.02. The number of ketones is 1. The molecule has 1 aliphatic heterocycles. The first kappa shape index (κ1) is 23.6. The minimum absolute atomic E-state index is 0.0847. The van der Waals surface area contributed by atoms with Gasteiger partial charge in [-0.1, -0.05) is 18.9 Å². The van der Waals surface area contributed by atoms with Crippen LogP contribution >= 0.6 is 0 Å². The number of carbonyl (C=O) groups excluding carboxylic acids is 4. The molecule has 0 unspecified atom stereocenters. The van der Waals surface area contributed by atoms with Gasteiger partial charge in [0.1, 0.15) is 29.6 Å². The number of benzene rings is 1. The number of rotatable bonds is 7. The van der Waals surface area contributed by atoms with Crippen molar-refractivity contribution in [2.24, 2.45) is 17.8 Å². The van der Waals surface area contributed by atoms with E-state index in [1.54, 1.807) is 18.1 Å². The third-order valence-electron chi connectivity index (χ3n) is 8.21. The maximum Gasteiger partial charge on any atom is 0.271 e. The fourth-order valence-corrected chi connectivity index (χ4v) is 6.45. The summed E-state index contributed by atoms with van der Waals surface area (Å²) in [5, 5.41) is 3.70. The Morgan fingerprint density at radius 3 is 2.86 bits per heavy atom. The van der Waals surface area contributed by atoms with Crippen molar-refractivity contribution in [2.75, 3.05) is 13.7 Å². The molecule has 35 heavy (non-hydrogen) atoms. The summed E-state index contributed by atoms with van der Waals surface area (Å²) in [6.45, 7) is 0.529. The highest BCUT2D eigenvalue weighted by Gasteiger charge is 2.50. The van der Waals surface area contributed by atoms with Crippen LogP contribution in [0.2, 0.25) is 0 Å². The van der Waals surface area contributed by atoms with Crippen molar-refractivity contribution in [3.63, 3.8) is 0 Å². The number of hydrogen-bond donors (Lipinski definition) is 2. The quantitative estimate of drug-likeness (QED) is 0.593. The van der Waals surface area contributed by atoms with Crippen LogP contribution in [0.3, 0.4) is 0 Å². The summed E-state index contributed by atoms with van der Waals surface area (Å²) in [5.41, 5.74) is 1.22. The zero-order valence-electron chi connectivity index (χ0n) is 20.1. The van der Waals surface area contributed by atoms with Gasteiger partial charge in [-0.25, -0.2) is 0 Å². The molecule has 186 valence electrons. The number of amides is 2. The predicted octanol–water partition coefficient (Wildman–Crippen LogP) is 3.25. The van der Waals surface area contributed by atoms with Crippen LogP contribution in [0.1, 0.15) is 61.9 Å². The predicted molar refractivity (Wildman–Crippen MR) is 130 cm³/mol. The number of fused-ring (bicyclic) bond motifs is 2. The summed E-state index contributed by atoms with van der Waals surface area (Å²) in [4.78, 5) is 56.1. The van der Waals surface area contributed by atoms with Crippen molar-refractivity contribution in [1.82, 2.24) is 15.2 Å². The van der Waals surface area contributed by atoms with Crippen LogP contribution in [0.25, 0.3) is 10.9 Å². The van der Waals surface area contributed by atoms with Crippen molar-refractivity contribution < 1.29 is 23.9 Å². The van der Waals surface area contributed by atoms with Gasteiger partial charge in [0.2, 0.25) is 5.91 Å². The molecule has 5 atom stereocenters. The molecule has 2 saturated carbocycles. The van der Waals surface area contributed by atoms with Gasteiger partial charge in [-0.05, 0) is 62.1 Å². The molecule has 5 rings (SSSR count). The van der Waals surface area contributed by atoms with E-state index in [4.69, 9.17) is 4.74 Å². The van der Waals surface area contributed by atoms with Crippen molar-refractivity contribution in [3.05, 3.63) is 30.0 Å². The molecule has 2 N–H and O–H groups in total. The van der Waals surface area contributed by atoms with Crippen molar-refractivity contribution in [2.45, 2.75) is 63.5 Å². The van der Waals surface area contributed by atoms with E-state index in [-0.39, 0.29) is 35.4 Å². The molecule has 2 amide bonds. The smallest absolute Gasteiger partial charge is 0.271 e. The van der Waals surface area contributed by atoms with Gasteiger partial charge in [0, 0.05) is 29.8 Å². The molecule has 1 aromatic carbocycles. The molecular formula is C27H33N3O5. The maximum atomic E-state index is 13.6. The number of nitrogens with zero attached hydrogens (tertiary/aromatic N) is 1. The van der Waals surface area contributed by atoms with E-state index in [1.807, 2.05) is 18.2 Å². The lowest BCUT2D eigenvalue weighted by atomic mass is 9.83. The van der Waals surface area contributed by atoms with E-state index in [0.717, 1.165) is 55.7 Å². The molecule has 2 aromatic rings. The molecule has 2 heterocycles. The Balaban J connectivity index is 1.36. The minimum Gasteiger partial charge on any atom is -0.496 e. The number of aldehydes is 1. The number of H-pyrrole nitrogens is 1. The normalized spacial score (nSPS) is 27.0. The van der Waals surface area contributed by atoms with Gasteiger partial charge in [0.15, 0.2) is 0 Å². The first-order valence-electron chi connectivity index (χ1n) is 12.7. The van der Waals surface area contributed by atoms with Crippen molar-refractivity contribution in [3.8, 4) is 5.75 Å². The molecular weight excluding hydrogens is 446 g/mol. The zero-order valence-corrected chi connectivity index (χ0v) is 20.1. The second-order valence-corrected chi connectivity index (χ2v) is 10.3. The summed E-state index contributed by atoms with van der Waals surface area (Å²) in [7, 11) is 1.59. The number of methoxy groups -OCH3 is 1. The lowest BCUT2D eigenvalue weighted by molar-refractivity contribution is -0.130. The third kappa shape index (κ3) is 4.46. The number of nitrogens with one attached hydrogen (secondary N) is 2. The van der Waals surface area contributed by atoms with Crippen LogP contribution in [0.5, 0.6) is 5.75 Å². The molecule has 0 bridgehead atoms. The van der Waals surface area contributed by atoms with Crippen LogP contribution in [-0.4, -0.2) is 59.5 Å². The van der Waals surface area contributed by atoms with Crippen molar-refractivity contribution in [1.29, 1.82) is 0 Å². The molecule has 1 aromatic heterocycles. The Bertz CT molecular complexity index is 1140. The summed E-state index contributed by atoms with van der Waals surface area (Å²) >= 11 is 0. The number of ether oxygens (including phenoxy) is 1. The second-order valence-electron chi connectivity index (χ2n) is 10.3. The van der Waals surface area contributed by atoms with Gasteiger partial charge in [0.25, 0.3) is 5.91 Å². The van der Waals surface area contributed by atoms with Crippen LogP contribution in [-0.2, 0) is 14.4 Å². The molecule has 3 aliphatic rings. The van der Waals surface area contributed by atoms with Crippen LogP contribution in [0, 0.1) is 17.8 Å². The molecule has 8 nitrogen and oxygen atoms in total. The third-order valence-corrected chi connectivity index (χ3v) is 8.21. The van der Waals surface area contributed by atoms with E-state index < -0.39 is 12.1 Å². The minimum atomic E-state index is -0.718. The fraction of sp³-hybridized carbons (Fsp3) is 0.556. The molecule has 3 fully saturated rings. The lowest BCUT2D eigenvalue weighted by Crippen LogP contribution is -2.52. The van der Waals surface area contributed by atoms with Crippen molar-refractivity contribution >= 4 is 34.8 Å². The second kappa shape index (κ2) is 9.84. The van der Waals surface area contributed by atoms with Gasteiger partial charge in [0.05, 0.1) is 13.2 Å². The molecule has 0 spiro atoms. The van der Waals surface area contributed by atoms with Gasteiger partial charge < -0.3 is 24.7 Å². The Kier molecular flexibility index (Phi) is 6.62. The zero-order chi connectivity index (χ0) is 24.5. The average molecular weight is 480 g/mol. The summed E-state index contributed by atoms with van der Waals surface area (Å²) < 4.78 is 5.43. The fourth-order valence-electron chi connectivity index (χ4n) is 6.45. The van der Waals surface area contributed by atoms with E-state index in [9.17, 15) is 19.2 Å². The molecule has 2 aliphatic carbocycles. The van der Waals surface area contributed by atoms with E-state index in [2.05, 4.69) is 10.3 Å². The Morgan fingerprint density at radius 1 is 1.23 bits per heavy atom. The maximum absolute atomic E-state index is 13.6. The number of likely N-dealkylation sites (tertiary alicyclic amines) is 1. The summed E-state index contributed by atoms with van der Waals surface area (Å²) in [5.74, 6) is 0.534. The molecule has 0 radical (unpaired) electrons. The van der Waals surface area contributed by atoms with Gasteiger partial charge in [-0.3, -0.25) is 14.4 Å². The van der Waals surface area contributed by atoms with Gasteiger partial charge in [-0.2, -0.15) is 0 Å². The highest BCUT2D eigenvalue weighted by atomic mass is 16.5. The molecule has 1 saturated heterocycles. The van der Waals surface area contributed by atoms with Gasteiger partial charge >= 0.3 is 0 Å². The highest BCUT2D eigenvalue weighted by Crippen LogP contribution is 2.43. The monoisotopic (exact) mass is 479 g/mol. The number of Topliss-reactive ketones (excluding diaryl/α,β-unsaturated/α-hetero) is 1. The SMILES string of the molecule is COc1cccc2[nH]c(C(=O)N3C[C@@H]4CCC[C@@H]4[C@H]3C(=O)N[C@H](C=O)C[C@@H]3CCCCC3=O)cc12. The average Bonchev–Trinajstić information content (AvgIpc) is 3.58. The number of aromatic nitrogens is 1. The number of hydrogen-bond acceptors (Lipinski definition) is 5. The Hall–Kier alpha value is -3.16. The lowest BCUT2D eigenvalue weighted by Gasteiger charge is -2.29. The van der Waals surface area contributed by atoms with E-state index >= 15 is 0 Å². The first-order valence-corrected chi connectivity index (χ1v) is 12.7. The van der Waals surface area contributed by atoms with Gasteiger partial charge in [-0.15, -0.1) is 0 Å². The standard InChI is InChI=1S/C27H33N3O5/c1-35-24-11-5-9-21-20(24)13-22(29-21)27(34)30-14-17-7-4-8-19(17)25(30)26(33)28-18(15-31)12-16-6-2-3-10-23(16)32/h5,9,11,13,15-19,25,29H,2-4,6-8,10,12,14H2,1H3,(H,28,33)/t16-,17-,18-,19-,25-/m0/s1. The summed E-state index contributed by atoms with van der Waals surface area (Å²) in [6.07, 6.45) is 7.18. The van der Waals surface area contributed by atoms with Crippen LogP contribution in [0.4, 0.5) is 0 Å². The van der Waals surface area contributed by atoms with E-state index in [0.29, 0.717) is 30.8 Å².